The lowest BCUT2D eigenvalue weighted by atomic mass is 9.90. The summed E-state index contributed by atoms with van der Waals surface area (Å²) in [6.07, 6.45) is 0.517. The fraction of sp³-hybridized carbons (Fsp3) is 0.300. The van der Waals surface area contributed by atoms with Gasteiger partial charge in [-0.15, -0.1) is 0 Å². The molecule has 0 aliphatic carbocycles. The third kappa shape index (κ3) is 3.97. The van der Waals surface area contributed by atoms with Crippen molar-refractivity contribution < 1.29 is 28.5 Å². The van der Waals surface area contributed by atoms with Gasteiger partial charge in [-0.2, -0.15) is 0 Å². The summed E-state index contributed by atoms with van der Waals surface area (Å²) in [4.78, 5) is 25.0. The highest BCUT2D eigenvalue weighted by Crippen LogP contribution is 2.42. The second-order valence-corrected chi connectivity index (χ2v) is 5.54. The summed E-state index contributed by atoms with van der Waals surface area (Å²) < 4.78 is 21.2. The molecule has 0 amide bonds. The molecular formula is C20H23NO6. The van der Waals surface area contributed by atoms with E-state index < -0.39 is 11.5 Å². The third-order valence-electron chi connectivity index (χ3n) is 4.04. The van der Waals surface area contributed by atoms with Crippen molar-refractivity contribution in [3.63, 3.8) is 0 Å². The molecule has 1 atom stereocenters. The first-order valence-corrected chi connectivity index (χ1v) is 8.33. The lowest BCUT2D eigenvalue weighted by Gasteiger charge is -2.30. The third-order valence-corrected chi connectivity index (χ3v) is 4.04. The van der Waals surface area contributed by atoms with E-state index in [0.717, 1.165) is 0 Å². The van der Waals surface area contributed by atoms with Crippen LogP contribution in [-0.4, -0.2) is 40.2 Å². The van der Waals surface area contributed by atoms with Crippen molar-refractivity contribution in [1.82, 2.24) is 0 Å². The fourth-order valence-electron chi connectivity index (χ4n) is 2.66. The molecule has 1 unspecified atom stereocenters. The van der Waals surface area contributed by atoms with Crippen molar-refractivity contribution in [1.29, 1.82) is 0 Å². The topological polar surface area (TPSA) is 83.1 Å². The number of anilines is 1. The van der Waals surface area contributed by atoms with Crippen LogP contribution in [0.1, 0.15) is 12.5 Å². The van der Waals surface area contributed by atoms with Crippen LogP contribution in [0.2, 0.25) is 0 Å². The molecule has 0 radical (unpaired) electrons. The van der Waals surface area contributed by atoms with Gasteiger partial charge in [-0.05, 0) is 12.5 Å². The number of carbonyl (C=O) groups is 2. The van der Waals surface area contributed by atoms with E-state index in [-0.39, 0.29) is 6.61 Å². The molecule has 0 saturated heterocycles. The average molecular weight is 373 g/mol. The maximum atomic E-state index is 12.8. The first-order valence-electron chi connectivity index (χ1n) is 8.33. The largest absolute Gasteiger partial charge is 0.496 e. The highest BCUT2D eigenvalue weighted by molar-refractivity contribution is 6.03. The zero-order valence-corrected chi connectivity index (χ0v) is 15.8. The molecule has 7 heteroatoms. The molecule has 144 valence electrons. The first-order chi connectivity index (χ1) is 13.1. The summed E-state index contributed by atoms with van der Waals surface area (Å²) in [5, 5.41) is 2.99. The Morgan fingerprint density at radius 2 is 1.63 bits per heavy atom. The van der Waals surface area contributed by atoms with Gasteiger partial charge in [0.1, 0.15) is 22.9 Å². The van der Waals surface area contributed by atoms with E-state index in [1.807, 2.05) is 0 Å². The smallest absolute Gasteiger partial charge is 0.344 e. The predicted molar refractivity (Wildman–Crippen MR) is 101 cm³/mol. The van der Waals surface area contributed by atoms with Gasteiger partial charge in [0.25, 0.3) is 0 Å². The molecule has 2 aromatic carbocycles. The van der Waals surface area contributed by atoms with Gasteiger partial charge in [-0.25, -0.2) is 4.79 Å². The summed E-state index contributed by atoms with van der Waals surface area (Å²) in [5.41, 5.74) is -1.02. The number of benzene rings is 2. The van der Waals surface area contributed by atoms with Crippen molar-refractivity contribution in [2.24, 2.45) is 0 Å². The van der Waals surface area contributed by atoms with Crippen LogP contribution < -0.4 is 19.5 Å². The number of aldehydes is 1. The Bertz CT molecular complexity index is 767. The molecule has 0 bridgehead atoms. The summed E-state index contributed by atoms with van der Waals surface area (Å²) >= 11 is 0. The van der Waals surface area contributed by atoms with Crippen LogP contribution in [0, 0.1) is 0 Å². The van der Waals surface area contributed by atoms with E-state index in [1.54, 1.807) is 49.4 Å². The fourth-order valence-corrected chi connectivity index (χ4v) is 2.66. The zero-order chi connectivity index (χ0) is 19.9. The summed E-state index contributed by atoms with van der Waals surface area (Å²) in [6, 6.07) is 11.8. The molecule has 0 heterocycles. The summed E-state index contributed by atoms with van der Waals surface area (Å²) in [7, 11) is 4.45. The Morgan fingerprint density at radius 3 is 2.07 bits per heavy atom. The second-order valence-electron chi connectivity index (χ2n) is 5.54. The standard InChI is InChI=1S/C20H23NO6/c1-5-27-19(23)20(13-22,14-9-7-6-8-10-14)21-18-16(25-3)11-15(24-2)12-17(18)26-4/h6-13,21H,5H2,1-4H3. The molecule has 27 heavy (non-hydrogen) atoms. The van der Waals surface area contributed by atoms with Crippen LogP contribution in [-0.2, 0) is 19.9 Å². The van der Waals surface area contributed by atoms with Crippen molar-refractivity contribution >= 4 is 17.9 Å². The minimum atomic E-state index is -1.77. The van der Waals surface area contributed by atoms with Gasteiger partial charge >= 0.3 is 5.97 Å². The van der Waals surface area contributed by atoms with Gasteiger partial charge in [0.2, 0.25) is 5.54 Å². The van der Waals surface area contributed by atoms with Crippen LogP contribution in [0.15, 0.2) is 42.5 Å². The molecule has 0 aliphatic rings. The van der Waals surface area contributed by atoms with E-state index >= 15 is 0 Å². The molecule has 7 nitrogen and oxygen atoms in total. The Kier molecular flexibility index (Phi) is 6.65. The van der Waals surface area contributed by atoms with E-state index in [9.17, 15) is 9.59 Å². The molecule has 0 spiro atoms. The monoisotopic (exact) mass is 373 g/mol. The lowest BCUT2D eigenvalue weighted by molar-refractivity contribution is -0.150. The van der Waals surface area contributed by atoms with Gasteiger partial charge in [0, 0.05) is 12.1 Å². The molecule has 0 saturated carbocycles. The number of nitrogens with one attached hydrogen (secondary N) is 1. The number of ether oxygens (including phenoxy) is 4. The van der Waals surface area contributed by atoms with Gasteiger partial charge in [-0.3, -0.25) is 4.79 Å². The van der Waals surface area contributed by atoms with Crippen LogP contribution >= 0.6 is 0 Å². The Hall–Kier alpha value is -3.22. The van der Waals surface area contributed by atoms with Crippen molar-refractivity contribution in [3.8, 4) is 17.2 Å². The summed E-state index contributed by atoms with van der Waals surface area (Å²) in [5.74, 6) is 0.461. The van der Waals surface area contributed by atoms with Gasteiger partial charge in [-0.1, -0.05) is 30.3 Å². The minimum Gasteiger partial charge on any atom is -0.496 e. The van der Waals surface area contributed by atoms with E-state index in [1.165, 1.54) is 21.3 Å². The maximum Gasteiger partial charge on any atom is 0.344 e. The molecule has 0 aliphatic heterocycles. The number of methoxy groups -OCH3 is 3. The highest BCUT2D eigenvalue weighted by Gasteiger charge is 2.43. The number of rotatable bonds is 9. The van der Waals surface area contributed by atoms with E-state index in [0.29, 0.717) is 34.8 Å². The van der Waals surface area contributed by atoms with Crippen LogP contribution in [0.4, 0.5) is 5.69 Å². The zero-order valence-electron chi connectivity index (χ0n) is 15.8. The Balaban J connectivity index is 2.66. The maximum absolute atomic E-state index is 12.8. The summed E-state index contributed by atoms with van der Waals surface area (Å²) in [6.45, 7) is 1.80. The second kappa shape index (κ2) is 8.93. The molecule has 1 N–H and O–H groups in total. The van der Waals surface area contributed by atoms with Crippen LogP contribution in [0.5, 0.6) is 17.2 Å². The Labute approximate surface area is 158 Å². The molecular weight excluding hydrogens is 350 g/mol. The predicted octanol–water partition coefficient (Wildman–Crippen LogP) is 2.78. The van der Waals surface area contributed by atoms with Crippen molar-refractivity contribution in [3.05, 3.63) is 48.0 Å². The average Bonchev–Trinajstić information content (AvgIpc) is 2.72. The number of carbonyl (C=O) groups excluding carboxylic acids is 2. The molecule has 2 rings (SSSR count). The van der Waals surface area contributed by atoms with Gasteiger partial charge < -0.3 is 24.3 Å². The van der Waals surface area contributed by atoms with Crippen LogP contribution in [0.25, 0.3) is 0 Å². The van der Waals surface area contributed by atoms with Crippen molar-refractivity contribution in [2.45, 2.75) is 12.5 Å². The molecule has 2 aromatic rings. The highest BCUT2D eigenvalue weighted by atomic mass is 16.5. The Morgan fingerprint density at radius 1 is 1.04 bits per heavy atom. The number of hydrogen-bond donors (Lipinski definition) is 1. The van der Waals surface area contributed by atoms with Crippen LogP contribution in [0.3, 0.4) is 0 Å². The normalized spacial score (nSPS) is 12.4. The number of hydrogen-bond acceptors (Lipinski definition) is 7. The lowest BCUT2D eigenvalue weighted by Crippen LogP contribution is -2.46. The number of esters is 1. The SMILES string of the molecule is CCOC(=O)C(C=O)(Nc1c(OC)cc(OC)cc1OC)c1ccccc1. The van der Waals surface area contributed by atoms with Gasteiger partial charge in [0.05, 0.1) is 27.9 Å². The van der Waals surface area contributed by atoms with Gasteiger partial charge in [0.15, 0.2) is 6.29 Å². The minimum absolute atomic E-state index is 0.125. The van der Waals surface area contributed by atoms with Crippen molar-refractivity contribution in [2.75, 3.05) is 33.3 Å². The van der Waals surface area contributed by atoms with E-state index in [4.69, 9.17) is 18.9 Å². The molecule has 0 fully saturated rings. The first kappa shape index (κ1) is 20.1. The van der Waals surface area contributed by atoms with E-state index in [2.05, 4.69) is 5.32 Å². The quantitative estimate of drug-likeness (QED) is 0.411. The molecule has 0 aromatic heterocycles.